The minimum absolute atomic E-state index is 0.0949. The molecule has 90 valence electrons. The molecule has 0 aliphatic carbocycles. The second-order valence-corrected chi connectivity index (χ2v) is 4.17. The fourth-order valence-electron chi connectivity index (χ4n) is 1.91. The van der Waals surface area contributed by atoms with Gasteiger partial charge in [-0.1, -0.05) is 6.08 Å². The zero-order chi connectivity index (χ0) is 12.5. The number of benzene rings is 1. The second-order valence-electron chi connectivity index (χ2n) is 3.91. The van der Waals surface area contributed by atoms with E-state index in [4.69, 9.17) is 16.3 Å². The van der Waals surface area contributed by atoms with Gasteiger partial charge in [-0.3, -0.25) is 4.79 Å². The molecular weight excluding hydrogens is 252 g/mol. The highest BCUT2D eigenvalue weighted by Crippen LogP contribution is 2.09. The number of nitrogens with zero attached hydrogens (tertiary/aromatic N) is 2. The van der Waals surface area contributed by atoms with Crippen molar-refractivity contribution in [1.29, 1.82) is 0 Å². The van der Waals surface area contributed by atoms with Crippen LogP contribution in [0.3, 0.4) is 0 Å². The van der Waals surface area contributed by atoms with E-state index in [1.807, 2.05) is 24.3 Å². The fraction of sp³-hybridized carbons (Fsp3) is 0.154. The van der Waals surface area contributed by atoms with Gasteiger partial charge in [-0.2, -0.15) is 0 Å². The van der Waals surface area contributed by atoms with Gasteiger partial charge in [-0.05, 0) is 24.3 Å². The Morgan fingerprint density at radius 2 is 2.22 bits per heavy atom. The molecule has 0 saturated carbocycles. The number of allylic oxidation sites excluding steroid dienone is 1. The van der Waals surface area contributed by atoms with Gasteiger partial charge in [-0.15, -0.1) is 21.8 Å². The first-order valence-electron chi connectivity index (χ1n) is 5.48. The Morgan fingerprint density at radius 1 is 1.33 bits per heavy atom. The Labute approximate surface area is 108 Å². The molecule has 4 nitrogen and oxygen atoms in total. The first kappa shape index (κ1) is 11.2. The van der Waals surface area contributed by atoms with Crippen LogP contribution in [0.1, 0.15) is 5.56 Å². The third kappa shape index (κ3) is 1.75. The smallest absolute Gasteiger partial charge is 0.197 e. The third-order valence-electron chi connectivity index (χ3n) is 2.82. The molecule has 0 aromatic heterocycles. The van der Waals surface area contributed by atoms with Gasteiger partial charge >= 0.3 is 0 Å². The van der Waals surface area contributed by atoms with Crippen LogP contribution < -0.4 is 15.3 Å². The second kappa shape index (κ2) is 4.38. The SMILES string of the molecule is O=C(CCl)C1=NN=c2c(ccc3c2=CCO3)C=C1. The zero-order valence-electron chi connectivity index (χ0n) is 9.39. The Kier molecular flexibility index (Phi) is 2.72. The maximum Gasteiger partial charge on any atom is 0.197 e. The number of ether oxygens (including phenoxy) is 1. The lowest BCUT2D eigenvalue weighted by Gasteiger charge is -1.98. The van der Waals surface area contributed by atoms with Crippen LogP contribution in [0, 0.1) is 0 Å². The molecule has 0 radical (unpaired) electrons. The predicted molar refractivity (Wildman–Crippen MR) is 69.4 cm³/mol. The summed E-state index contributed by atoms with van der Waals surface area (Å²) >= 11 is 5.51. The van der Waals surface area contributed by atoms with Crippen molar-refractivity contribution in [3.05, 3.63) is 34.3 Å². The Balaban J connectivity index is 2.21. The molecule has 2 aliphatic rings. The van der Waals surface area contributed by atoms with E-state index in [0.717, 1.165) is 21.9 Å². The van der Waals surface area contributed by atoms with E-state index < -0.39 is 0 Å². The van der Waals surface area contributed by atoms with Crippen LogP contribution in [-0.2, 0) is 4.79 Å². The molecule has 2 heterocycles. The molecular formula is C13H9ClN2O2. The first-order valence-corrected chi connectivity index (χ1v) is 6.02. The normalized spacial score (nSPS) is 15.5. The average molecular weight is 261 g/mol. The van der Waals surface area contributed by atoms with Crippen molar-refractivity contribution in [2.24, 2.45) is 10.2 Å². The summed E-state index contributed by atoms with van der Waals surface area (Å²) in [5, 5.41) is 9.77. The lowest BCUT2D eigenvalue weighted by atomic mass is 10.1. The number of rotatable bonds is 2. The number of carbonyl (C=O) groups is 1. The van der Waals surface area contributed by atoms with Crippen LogP contribution in [0.2, 0.25) is 0 Å². The number of hydrogen-bond acceptors (Lipinski definition) is 4. The summed E-state index contributed by atoms with van der Waals surface area (Å²) in [6.45, 7) is 0.544. The molecule has 0 saturated heterocycles. The summed E-state index contributed by atoms with van der Waals surface area (Å²) in [5.74, 6) is 0.470. The van der Waals surface area contributed by atoms with Crippen molar-refractivity contribution in [2.75, 3.05) is 12.5 Å². The summed E-state index contributed by atoms with van der Waals surface area (Å²) in [6.07, 6.45) is 5.42. The molecule has 1 aromatic rings. The summed E-state index contributed by atoms with van der Waals surface area (Å²) < 4.78 is 5.42. The monoisotopic (exact) mass is 260 g/mol. The van der Waals surface area contributed by atoms with Crippen molar-refractivity contribution < 1.29 is 9.53 Å². The largest absolute Gasteiger partial charge is 0.489 e. The van der Waals surface area contributed by atoms with Crippen LogP contribution in [0.15, 0.2) is 28.4 Å². The number of fused-ring (bicyclic) bond motifs is 3. The minimum Gasteiger partial charge on any atom is -0.489 e. The lowest BCUT2D eigenvalue weighted by molar-refractivity contribution is -0.110. The molecule has 0 spiro atoms. The van der Waals surface area contributed by atoms with Crippen LogP contribution in [0.5, 0.6) is 5.75 Å². The van der Waals surface area contributed by atoms with E-state index in [0.29, 0.717) is 6.61 Å². The quantitative estimate of drug-likeness (QED) is 0.734. The van der Waals surface area contributed by atoms with E-state index >= 15 is 0 Å². The van der Waals surface area contributed by atoms with Crippen molar-refractivity contribution in [3.8, 4) is 5.75 Å². The molecule has 1 aromatic carbocycles. The highest BCUT2D eigenvalue weighted by atomic mass is 35.5. The van der Waals surface area contributed by atoms with Gasteiger partial charge in [0.25, 0.3) is 0 Å². The molecule has 3 rings (SSSR count). The summed E-state index contributed by atoms with van der Waals surface area (Å²) in [4.78, 5) is 11.5. The molecule has 0 atom stereocenters. The Morgan fingerprint density at radius 3 is 3.06 bits per heavy atom. The van der Waals surface area contributed by atoms with Crippen LogP contribution in [0.4, 0.5) is 0 Å². The number of carbonyl (C=O) groups excluding carboxylic acids is 1. The van der Waals surface area contributed by atoms with Crippen molar-refractivity contribution in [3.63, 3.8) is 0 Å². The molecule has 0 unspecified atom stereocenters. The topological polar surface area (TPSA) is 51.0 Å². The number of hydrogen-bond donors (Lipinski definition) is 0. The maximum atomic E-state index is 11.5. The van der Waals surface area contributed by atoms with Gasteiger partial charge in [-0.25, -0.2) is 0 Å². The highest BCUT2D eigenvalue weighted by molar-refractivity contribution is 6.52. The van der Waals surface area contributed by atoms with Gasteiger partial charge in [0, 0.05) is 10.8 Å². The van der Waals surface area contributed by atoms with Crippen molar-refractivity contribution in [1.82, 2.24) is 0 Å². The maximum absolute atomic E-state index is 11.5. The molecule has 5 heteroatoms. The Bertz CT molecular complexity index is 704. The van der Waals surface area contributed by atoms with E-state index in [9.17, 15) is 4.79 Å². The van der Waals surface area contributed by atoms with Crippen LogP contribution in [0.25, 0.3) is 12.2 Å². The number of ketones is 1. The zero-order valence-corrected chi connectivity index (χ0v) is 10.1. The number of halogens is 1. The number of Topliss-reactive ketones (excluding diaryl/α,β-unsaturated/α-hetero) is 1. The highest BCUT2D eigenvalue weighted by Gasteiger charge is 2.12. The minimum atomic E-state index is -0.235. The van der Waals surface area contributed by atoms with E-state index in [2.05, 4.69) is 10.2 Å². The standard InChI is InChI=1S/C13H9ClN2O2/c14-7-11(17)10-3-1-8-2-4-12-9(5-6-18-12)13(8)16-15-10/h1-5H,6-7H2. The molecule has 0 fully saturated rings. The first-order chi connectivity index (χ1) is 8.79. The summed E-state index contributed by atoms with van der Waals surface area (Å²) in [5.41, 5.74) is 1.19. The molecule has 0 bridgehead atoms. The van der Waals surface area contributed by atoms with Gasteiger partial charge in [0.2, 0.25) is 0 Å². The van der Waals surface area contributed by atoms with Crippen LogP contribution in [-0.4, -0.2) is 24.0 Å². The van der Waals surface area contributed by atoms with E-state index in [-0.39, 0.29) is 17.4 Å². The summed E-state index contributed by atoms with van der Waals surface area (Å²) in [6, 6.07) is 3.79. The molecule has 18 heavy (non-hydrogen) atoms. The lowest BCUT2D eigenvalue weighted by Crippen LogP contribution is -2.26. The van der Waals surface area contributed by atoms with Crippen molar-refractivity contribution in [2.45, 2.75) is 0 Å². The van der Waals surface area contributed by atoms with Crippen LogP contribution >= 0.6 is 11.6 Å². The fourth-order valence-corrected chi connectivity index (χ4v) is 2.05. The van der Waals surface area contributed by atoms with Gasteiger partial charge in [0.15, 0.2) is 5.78 Å². The van der Waals surface area contributed by atoms with E-state index in [1.165, 1.54) is 0 Å². The average Bonchev–Trinajstić information content (AvgIpc) is 2.77. The molecule has 2 aliphatic heterocycles. The molecule has 0 N–H and O–H groups in total. The van der Waals surface area contributed by atoms with E-state index in [1.54, 1.807) is 6.08 Å². The summed E-state index contributed by atoms with van der Waals surface area (Å²) in [7, 11) is 0. The molecule has 0 amide bonds. The van der Waals surface area contributed by atoms with Gasteiger partial charge < -0.3 is 4.74 Å². The van der Waals surface area contributed by atoms with Gasteiger partial charge in [0.1, 0.15) is 23.4 Å². The van der Waals surface area contributed by atoms with Gasteiger partial charge in [0.05, 0.1) is 5.88 Å². The predicted octanol–water partition coefficient (Wildman–Crippen LogP) is 0.670. The van der Waals surface area contributed by atoms with Crippen molar-refractivity contribution >= 4 is 35.2 Å². The Hall–Kier alpha value is -1.94. The number of alkyl halides is 1. The third-order valence-corrected chi connectivity index (χ3v) is 3.06.